The van der Waals surface area contributed by atoms with E-state index in [9.17, 15) is 14.4 Å². The first-order valence-corrected chi connectivity index (χ1v) is 8.89. The predicted molar refractivity (Wildman–Crippen MR) is 106 cm³/mol. The summed E-state index contributed by atoms with van der Waals surface area (Å²) in [5, 5.41) is 2.46. The zero-order chi connectivity index (χ0) is 21.2. The molecule has 3 N–H and O–H groups in total. The van der Waals surface area contributed by atoms with E-state index >= 15 is 0 Å². The maximum atomic E-state index is 12.3. The van der Waals surface area contributed by atoms with Crippen LogP contribution in [0.5, 0.6) is 5.75 Å². The third-order valence-electron chi connectivity index (χ3n) is 4.24. The van der Waals surface area contributed by atoms with Crippen molar-refractivity contribution in [1.29, 1.82) is 0 Å². The number of nitrogens with one attached hydrogen (secondary N) is 1. The molecule has 28 heavy (non-hydrogen) atoms. The van der Waals surface area contributed by atoms with E-state index < -0.39 is 11.8 Å². The highest BCUT2D eigenvalue weighted by molar-refractivity contribution is 6.12. The number of nitrogens with two attached hydrogens (primary N) is 1. The van der Waals surface area contributed by atoms with Crippen LogP contribution in [0.4, 0.5) is 5.88 Å². The molecule has 1 aromatic heterocycles. The number of hydrogen-bond acceptors (Lipinski definition) is 5. The number of Topliss-reactive ketones (excluding diaryl/α,β-unsaturated/α-hetero) is 1. The fourth-order valence-corrected chi connectivity index (χ4v) is 2.95. The number of amides is 2. The second-order valence-corrected chi connectivity index (χ2v) is 7.74. The minimum absolute atomic E-state index is 0.0669. The average molecular weight is 386 g/mol. The molecule has 7 heteroatoms. The fourth-order valence-electron chi connectivity index (χ4n) is 2.95. The highest BCUT2D eigenvalue weighted by atomic mass is 16.5. The minimum Gasteiger partial charge on any atom is -0.483 e. The van der Waals surface area contributed by atoms with Crippen LogP contribution in [0.1, 0.15) is 65.3 Å². The predicted octanol–water partition coefficient (Wildman–Crippen LogP) is 3.51. The lowest BCUT2D eigenvalue weighted by Gasteiger charge is -2.23. The van der Waals surface area contributed by atoms with E-state index in [-0.39, 0.29) is 40.6 Å². The van der Waals surface area contributed by atoms with Crippen LogP contribution in [0.3, 0.4) is 0 Å². The van der Waals surface area contributed by atoms with Crippen molar-refractivity contribution in [3.8, 4) is 5.75 Å². The fraction of sp³-hybridized carbons (Fsp3) is 0.381. The quantitative estimate of drug-likeness (QED) is 0.738. The summed E-state index contributed by atoms with van der Waals surface area (Å²) in [7, 11) is 0. The van der Waals surface area contributed by atoms with Crippen LogP contribution >= 0.6 is 0 Å². The van der Waals surface area contributed by atoms with Gasteiger partial charge in [0, 0.05) is 0 Å². The SMILES string of the molecule is CC(=O)c1c(C)oc(NC(=O)COc2ccc(C)cc2C(C)(C)C)c1C(N)=O. The largest absolute Gasteiger partial charge is 0.483 e. The van der Waals surface area contributed by atoms with Crippen molar-refractivity contribution in [2.45, 2.75) is 47.0 Å². The van der Waals surface area contributed by atoms with Crippen molar-refractivity contribution in [2.24, 2.45) is 5.73 Å². The summed E-state index contributed by atoms with van der Waals surface area (Å²) in [6.07, 6.45) is 0. The Labute approximate surface area is 164 Å². The number of rotatable bonds is 6. The maximum Gasteiger partial charge on any atom is 0.264 e. The first-order valence-electron chi connectivity index (χ1n) is 8.89. The number of hydrogen-bond donors (Lipinski definition) is 2. The summed E-state index contributed by atoms with van der Waals surface area (Å²) in [4.78, 5) is 35.8. The Hall–Kier alpha value is -3.09. The minimum atomic E-state index is -0.855. The van der Waals surface area contributed by atoms with Gasteiger partial charge in [0.05, 0.1) is 5.56 Å². The van der Waals surface area contributed by atoms with Crippen LogP contribution in [0.15, 0.2) is 22.6 Å². The summed E-state index contributed by atoms with van der Waals surface area (Å²) in [5.74, 6) is -1.10. The van der Waals surface area contributed by atoms with Crippen molar-refractivity contribution in [2.75, 3.05) is 11.9 Å². The molecule has 0 aliphatic carbocycles. The van der Waals surface area contributed by atoms with E-state index in [4.69, 9.17) is 14.9 Å². The lowest BCUT2D eigenvalue weighted by Crippen LogP contribution is -2.24. The van der Waals surface area contributed by atoms with E-state index in [0.717, 1.165) is 11.1 Å². The number of furan rings is 1. The molecule has 0 unspecified atom stereocenters. The van der Waals surface area contributed by atoms with Crippen molar-refractivity contribution in [3.05, 3.63) is 46.2 Å². The van der Waals surface area contributed by atoms with E-state index in [0.29, 0.717) is 5.75 Å². The summed E-state index contributed by atoms with van der Waals surface area (Å²) >= 11 is 0. The van der Waals surface area contributed by atoms with Gasteiger partial charge in [-0.3, -0.25) is 19.7 Å². The Bertz CT molecular complexity index is 935. The van der Waals surface area contributed by atoms with Crippen molar-refractivity contribution in [1.82, 2.24) is 0 Å². The zero-order valence-electron chi connectivity index (χ0n) is 17.1. The Balaban J connectivity index is 2.20. The summed E-state index contributed by atoms with van der Waals surface area (Å²) in [6.45, 7) is 10.7. The van der Waals surface area contributed by atoms with Gasteiger partial charge in [-0.05, 0) is 37.8 Å². The lowest BCUT2D eigenvalue weighted by atomic mass is 9.85. The van der Waals surface area contributed by atoms with Gasteiger partial charge in [-0.1, -0.05) is 38.5 Å². The molecule has 0 fully saturated rings. The standard InChI is InChI=1S/C21H26N2O5/c1-11-7-8-15(14(9-11)21(4,5)6)27-10-16(25)23-20-18(19(22)26)17(12(2)24)13(3)28-20/h7-9H,10H2,1-6H3,(H2,22,26)(H,23,25). The topological polar surface area (TPSA) is 112 Å². The Morgan fingerprint density at radius 2 is 1.79 bits per heavy atom. The zero-order valence-corrected chi connectivity index (χ0v) is 17.1. The molecule has 2 amide bonds. The highest BCUT2D eigenvalue weighted by Crippen LogP contribution is 2.32. The maximum absolute atomic E-state index is 12.3. The Kier molecular flexibility index (Phi) is 5.97. The second-order valence-electron chi connectivity index (χ2n) is 7.74. The van der Waals surface area contributed by atoms with Crippen LogP contribution < -0.4 is 15.8 Å². The number of ether oxygens (including phenoxy) is 1. The van der Waals surface area contributed by atoms with Crippen LogP contribution in [0.25, 0.3) is 0 Å². The van der Waals surface area contributed by atoms with Crippen molar-refractivity contribution in [3.63, 3.8) is 0 Å². The highest BCUT2D eigenvalue weighted by Gasteiger charge is 2.26. The van der Waals surface area contributed by atoms with Gasteiger partial charge in [-0.25, -0.2) is 0 Å². The Morgan fingerprint density at radius 1 is 1.14 bits per heavy atom. The van der Waals surface area contributed by atoms with Gasteiger partial charge in [-0.15, -0.1) is 0 Å². The molecule has 0 aliphatic rings. The van der Waals surface area contributed by atoms with Gasteiger partial charge in [-0.2, -0.15) is 0 Å². The van der Waals surface area contributed by atoms with Gasteiger partial charge < -0.3 is 14.9 Å². The molecular weight excluding hydrogens is 360 g/mol. The number of primary amides is 1. The third kappa shape index (κ3) is 4.60. The summed E-state index contributed by atoms with van der Waals surface area (Å²) in [6, 6.07) is 5.75. The molecule has 2 aromatic rings. The smallest absolute Gasteiger partial charge is 0.264 e. The molecule has 1 heterocycles. The summed E-state index contributed by atoms with van der Waals surface area (Å²) in [5.41, 5.74) is 7.20. The summed E-state index contributed by atoms with van der Waals surface area (Å²) < 4.78 is 11.1. The molecule has 0 saturated heterocycles. The molecule has 0 bridgehead atoms. The van der Waals surface area contributed by atoms with E-state index in [1.54, 1.807) is 0 Å². The van der Waals surface area contributed by atoms with E-state index in [1.165, 1.54) is 13.8 Å². The number of benzene rings is 1. The molecule has 0 saturated carbocycles. The number of anilines is 1. The normalized spacial score (nSPS) is 11.2. The molecule has 0 aliphatic heterocycles. The first kappa shape index (κ1) is 21.2. The lowest BCUT2D eigenvalue weighted by molar-refractivity contribution is -0.118. The molecule has 0 atom stereocenters. The molecule has 7 nitrogen and oxygen atoms in total. The Morgan fingerprint density at radius 3 is 2.32 bits per heavy atom. The third-order valence-corrected chi connectivity index (χ3v) is 4.24. The van der Waals surface area contributed by atoms with Gasteiger partial charge in [0.1, 0.15) is 17.1 Å². The number of carbonyl (C=O) groups excluding carboxylic acids is 3. The van der Waals surface area contributed by atoms with Crippen molar-refractivity contribution >= 4 is 23.5 Å². The van der Waals surface area contributed by atoms with Crippen LogP contribution in [0.2, 0.25) is 0 Å². The van der Waals surface area contributed by atoms with Gasteiger partial charge in [0.2, 0.25) is 5.88 Å². The van der Waals surface area contributed by atoms with E-state index in [1.807, 2.05) is 25.1 Å². The van der Waals surface area contributed by atoms with Gasteiger partial charge >= 0.3 is 0 Å². The van der Waals surface area contributed by atoms with Crippen LogP contribution in [-0.4, -0.2) is 24.2 Å². The van der Waals surface area contributed by atoms with Crippen LogP contribution in [0, 0.1) is 13.8 Å². The molecule has 150 valence electrons. The number of aryl methyl sites for hydroxylation is 2. The average Bonchev–Trinajstić information content (AvgIpc) is 2.89. The molecule has 0 radical (unpaired) electrons. The monoisotopic (exact) mass is 386 g/mol. The molecule has 1 aromatic carbocycles. The van der Waals surface area contributed by atoms with Crippen molar-refractivity contribution < 1.29 is 23.5 Å². The second kappa shape index (κ2) is 7.88. The van der Waals surface area contributed by atoms with E-state index in [2.05, 4.69) is 26.1 Å². The van der Waals surface area contributed by atoms with Gasteiger partial charge in [0.15, 0.2) is 12.4 Å². The molecular formula is C21H26N2O5. The van der Waals surface area contributed by atoms with Crippen LogP contribution in [-0.2, 0) is 10.2 Å². The number of ketones is 1. The first-order chi connectivity index (χ1) is 12.9. The molecule has 2 rings (SSSR count). The number of carbonyl (C=O) groups is 3. The molecule has 0 spiro atoms. The van der Waals surface area contributed by atoms with Gasteiger partial charge in [0.25, 0.3) is 11.8 Å².